The second-order valence-corrected chi connectivity index (χ2v) is 5.59. The molecule has 0 bridgehead atoms. The molecule has 0 saturated carbocycles. The van der Waals surface area contributed by atoms with Gasteiger partial charge in [0.25, 0.3) is 5.56 Å². The lowest BCUT2D eigenvalue weighted by Gasteiger charge is -2.14. The van der Waals surface area contributed by atoms with Gasteiger partial charge in [-0.05, 0) is 37.3 Å². The Morgan fingerprint density at radius 1 is 1.08 bits per heavy atom. The Bertz CT molecular complexity index is 890. The molecular weight excluding hydrogens is 320 g/mol. The molecule has 1 unspecified atom stereocenters. The van der Waals surface area contributed by atoms with Crippen LogP contribution in [0.15, 0.2) is 59.5 Å². The fourth-order valence-corrected chi connectivity index (χ4v) is 2.50. The third-order valence-electron chi connectivity index (χ3n) is 3.72. The summed E-state index contributed by atoms with van der Waals surface area (Å²) in [4.78, 5) is 12.4. The molecule has 0 spiro atoms. The fourth-order valence-electron chi connectivity index (χ4n) is 2.50. The van der Waals surface area contributed by atoms with Crippen LogP contribution in [0.4, 0.5) is 0 Å². The van der Waals surface area contributed by atoms with Crippen molar-refractivity contribution in [3.05, 3.63) is 65.1 Å². The maximum Gasteiger partial charge on any atom is 0.274 e. The minimum absolute atomic E-state index is 0.0644. The van der Waals surface area contributed by atoms with Gasteiger partial charge in [-0.2, -0.15) is 5.10 Å². The number of aliphatic hydroxyl groups excluding tert-OH is 1. The van der Waals surface area contributed by atoms with Gasteiger partial charge in [0.15, 0.2) is 0 Å². The lowest BCUT2D eigenvalue weighted by molar-refractivity contribution is 0.0881. The van der Waals surface area contributed by atoms with E-state index >= 15 is 0 Å². The molecular formula is C19H20N2O4. The Kier molecular flexibility index (Phi) is 5.30. The van der Waals surface area contributed by atoms with Crippen molar-refractivity contribution in [3.63, 3.8) is 0 Å². The highest BCUT2D eigenvalue weighted by molar-refractivity contribution is 5.80. The molecule has 1 N–H and O–H groups in total. The van der Waals surface area contributed by atoms with Gasteiger partial charge in [0.05, 0.1) is 24.7 Å². The number of aliphatic hydroxyl groups is 1. The number of ether oxygens (including phenoxy) is 2. The first kappa shape index (κ1) is 17.0. The van der Waals surface area contributed by atoms with Crippen LogP contribution < -0.4 is 15.0 Å². The molecule has 130 valence electrons. The van der Waals surface area contributed by atoms with Crippen molar-refractivity contribution in [2.45, 2.75) is 19.6 Å². The maximum atomic E-state index is 12.4. The molecule has 2 aromatic carbocycles. The van der Waals surface area contributed by atoms with E-state index in [0.717, 1.165) is 11.1 Å². The summed E-state index contributed by atoms with van der Waals surface area (Å²) < 4.78 is 12.2. The Balaban J connectivity index is 1.62. The number of aromatic nitrogens is 2. The Morgan fingerprint density at radius 3 is 2.48 bits per heavy atom. The second kappa shape index (κ2) is 7.81. The molecule has 0 aliphatic rings. The molecule has 0 aliphatic carbocycles. The molecule has 6 heteroatoms. The highest BCUT2D eigenvalue weighted by Gasteiger charge is 2.10. The van der Waals surface area contributed by atoms with Crippen molar-refractivity contribution in [2.75, 3.05) is 13.2 Å². The molecule has 1 heterocycles. The van der Waals surface area contributed by atoms with Crippen LogP contribution in [-0.4, -0.2) is 34.2 Å². The summed E-state index contributed by atoms with van der Waals surface area (Å²) in [6.45, 7) is 2.66. The number of hydrogen-bond acceptors (Lipinski definition) is 5. The molecule has 0 saturated heterocycles. The van der Waals surface area contributed by atoms with Crippen molar-refractivity contribution in [1.82, 2.24) is 9.78 Å². The number of rotatable bonds is 7. The van der Waals surface area contributed by atoms with Crippen LogP contribution in [0.2, 0.25) is 0 Å². The highest BCUT2D eigenvalue weighted by atomic mass is 16.5. The van der Waals surface area contributed by atoms with E-state index in [-0.39, 0.29) is 18.7 Å². The molecule has 0 aliphatic heterocycles. The van der Waals surface area contributed by atoms with E-state index in [4.69, 9.17) is 9.47 Å². The monoisotopic (exact) mass is 340 g/mol. The van der Waals surface area contributed by atoms with Gasteiger partial charge >= 0.3 is 0 Å². The summed E-state index contributed by atoms with van der Waals surface area (Å²) >= 11 is 0. The first-order valence-electron chi connectivity index (χ1n) is 8.16. The summed E-state index contributed by atoms with van der Waals surface area (Å²) in [6.07, 6.45) is 0.773. The lowest BCUT2D eigenvalue weighted by atomic mass is 10.2. The van der Waals surface area contributed by atoms with Crippen LogP contribution in [0.25, 0.3) is 10.8 Å². The SMILES string of the molecule is CCOc1ccc(OCC(O)Cn2ncc3ccccc3c2=O)cc1. The number of hydrogen-bond donors (Lipinski definition) is 1. The van der Waals surface area contributed by atoms with Crippen molar-refractivity contribution in [1.29, 1.82) is 0 Å². The van der Waals surface area contributed by atoms with Crippen LogP contribution >= 0.6 is 0 Å². The van der Waals surface area contributed by atoms with Crippen molar-refractivity contribution in [2.24, 2.45) is 0 Å². The second-order valence-electron chi connectivity index (χ2n) is 5.59. The van der Waals surface area contributed by atoms with Crippen LogP contribution in [-0.2, 0) is 6.54 Å². The average Bonchev–Trinajstić information content (AvgIpc) is 2.64. The minimum Gasteiger partial charge on any atom is -0.494 e. The zero-order valence-electron chi connectivity index (χ0n) is 14.0. The zero-order valence-corrected chi connectivity index (χ0v) is 14.0. The van der Waals surface area contributed by atoms with Gasteiger partial charge in [-0.3, -0.25) is 4.79 Å². The van der Waals surface area contributed by atoms with Crippen LogP contribution in [0.1, 0.15) is 6.92 Å². The van der Waals surface area contributed by atoms with E-state index in [9.17, 15) is 9.90 Å². The van der Waals surface area contributed by atoms with Gasteiger partial charge < -0.3 is 14.6 Å². The standard InChI is InChI=1S/C19H20N2O4/c1-2-24-16-7-9-17(10-8-16)25-13-15(22)12-21-19(23)18-6-4-3-5-14(18)11-20-21/h3-11,15,22H,2,12-13H2,1H3. The summed E-state index contributed by atoms with van der Waals surface area (Å²) in [6, 6.07) is 14.4. The van der Waals surface area contributed by atoms with Gasteiger partial charge in [0.2, 0.25) is 0 Å². The maximum absolute atomic E-state index is 12.4. The first-order chi connectivity index (χ1) is 12.2. The van der Waals surface area contributed by atoms with Crippen LogP contribution in [0.5, 0.6) is 11.5 Å². The van der Waals surface area contributed by atoms with Gasteiger partial charge in [-0.25, -0.2) is 4.68 Å². The first-order valence-corrected chi connectivity index (χ1v) is 8.16. The molecule has 3 aromatic rings. The molecule has 1 aromatic heterocycles. The third kappa shape index (κ3) is 4.16. The normalized spacial score (nSPS) is 12.1. The quantitative estimate of drug-likeness (QED) is 0.714. The Hall–Kier alpha value is -2.86. The number of nitrogens with zero attached hydrogens (tertiary/aromatic N) is 2. The average molecular weight is 340 g/mol. The van der Waals surface area contributed by atoms with Gasteiger partial charge in [-0.1, -0.05) is 18.2 Å². The smallest absolute Gasteiger partial charge is 0.274 e. The zero-order chi connectivity index (χ0) is 17.6. The van der Waals surface area contributed by atoms with Crippen molar-refractivity contribution >= 4 is 10.8 Å². The minimum atomic E-state index is -0.849. The Labute approximate surface area is 145 Å². The lowest BCUT2D eigenvalue weighted by Crippen LogP contribution is -2.31. The summed E-state index contributed by atoms with van der Waals surface area (Å²) in [7, 11) is 0. The summed E-state index contributed by atoms with van der Waals surface area (Å²) in [5.41, 5.74) is -0.224. The van der Waals surface area contributed by atoms with E-state index in [0.29, 0.717) is 17.7 Å². The Morgan fingerprint density at radius 2 is 1.76 bits per heavy atom. The van der Waals surface area contributed by atoms with E-state index in [2.05, 4.69) is 5.10 Å². The molecule has 25 heavy (non-hydrogen) atoms. The number of benzene rings is 2. The molecule has 0 fully saturated rings. The summed E-state index contributed by atoms with van der Waals surface area (Å²) in [5.74, 6) is 1.39. The van der Waals surface area contributed by atoms with Gasteiger partial charge in [0.1, 0.15) is 24.2 Å². The van der Waals surface area contributed by atoms with E-state index in [1.165, 1.54) is 4.68 Å². The van der Waals surface area contributed by atoms with Crippen molar-refractivity contribution < 1.29 is 14.6 Å². The fraction of sp³-hybridized carbons (Fsp3) is 0.263. The molecule has 0 amide bonds. The molecule has 0 radical (unpaired) electrons. The third-order valence-corrected chi connectivity index (χ3v) is 3.72. The predicted octanol–water partition coefficient (Wildman–Crippen LogP) is 2.24. The molecule has 1 atom stereocenters. The van der Waals surface area contributed by atoms with E-state index in [1.807, 2.05) is 19.1 Å². The number of fused-ring (bicyclic) bond motifs is 1. The van der Waals surface area contributed by atoms with Crippen LogP contribution in [0.3, 0.4) is 0 Å². The topological polar surface area (TPSA) is 73.6 Å². The van der Waals surface area contributed by atoms with Gasteiger partial charge in [0, 0.05) is 5.39 Å². The van der Waals surface area contributed by atoms with Crippen LogP contribution in [0, 0.1) is 0 Å². The molecule has 6 nitrogen and oxygen atoms in total. The van der Waals surface area contributed by atoms with E-state index in [1.54, 1.807) is 42.6 Å². The highest BCUT2D eigenvalue weighted by Crippen LogP contribution is 2.17. The predicted molar refractivity (Wildman–Crippen MR) is 95.1 cm³/mol. The molecule has 3 rings (SSSR count). The van der Waals surface area contributed by atoms with Gasteiger partial charge in [-0.15, -0.1) is 0 Å². The van der Waals surface area contributed by atoms with Crippen molar-refractivity contribution in [3.8, 4) is 11.5 Å². The van der Waals surface area contributed by atoms with E-state index < -0.39 is 6.10 Å². The largest absolute Gasteiger partial charge is 0.494 e. The summed E-state index contributed by atoms with van der Waals surface area (Å²) in [5, 5.41) is 15.6.